The maximum Gasteiger partial charge on any atom is 0.0352 e. The molecule has 1 aliphatic rings. The van der Waals surface area contributed by atoms with E-state index >= 15 is 0 Å². The Balaban J connectivity index is 1.05. The zero-order chi connectivity index (χ0) is 47.1. The smallest absolute Gasteiger partial charge is 0.0352 e. The first-order valence-electron chi connectivity index (χ1n) is 24.9. The van der Waals surface area contributed by atoms with E-state index in [1.54, 1.807) is 0 Å². The molecule has 0 nitrogen and oxygen atoms in total. The third-order valence-electron chi connectivity index (χ3n) is 15.0. The molecule has 334 valence electrons. The molecule has 3 atom stereocenters. The van der Waals surface area contributed by atoms with Crippen molar-refractivity contribution in [2.75, 3.05) is 0 Å². The highest BCUT2D eigenvalue weighted by Crippen LogP contribution is 2.50. The molecule has 0 amide bonds. The fourth-order valence-electron chi connectivity index (χ4n) is 11.5. The van der Waals surface area contributed by atoms with Gasteiger partial charge in [0.25, 0.3) is 0 Å². The van der Waals surface area contributed by atoms with E-state index in [1.807, 2.05) is 0 Å². The van der Waals surface area contributed by atoms with Crippen LogP contribution in [0.4, 0.5) is 0 Å². The fourth-order valence-corrected chi connectivity index (χ4v) is 11.5. The lowest BCUT2D eigenvalue weighted by atomic mass is 9.78. The van der Waals surface area contributed by atoms with Gasteiger partial charge in [-0.2, -0.15) is 0 Å². The summed E-state index contributed by atoms with van der Waals surface area (Å²) < 4.78 is 0. The first kappa shape index (κ1) is 42.3. The van der Waals surface area contributed by atoms with Crippen molar-refractivity contribution >= 4 is 21.5 Å². The Hall–Kier alpha value is -8.84. The average Bonchev–Trinajstić information content (AvgIpc) is 3.78. The third kappa shape index (κ3) is 8.04. The van der Waals surface area contributed by atoms with Crippen LogP contribution in [-0.2, 0) is 0 Å². The van der Waals surface area contributed by atoms with E-state index in [4.69, 9.17) is 0 Å². The molecule has 1 aliphatic carbocycles. The van der Waals surface area contributed by atoms with Gasteiger partial charge in [0.1, 0.15) is 0 Å². The normalized spacial score (nSPS) is 13.7. The molecule has 12 aromatic carbocycles. The second-order valence-corrected chi connectivity index (χ2v) is 19.2. The van der Waals surface area contributed by atoms with Crippen molar-refractivity contribution in [3.8, 4) is 44.5 Å². The Morgan fingerprint density at radius 2 is 0.620 bits per heavy atom. The van der Waals surface area contributed by atoms with Gasteiger partial charge in [0, 0.05) is 17.8 Å². The molecular weight excluding hydrogens is 853 g/mol. The molecular formula is C71H50. The SMILES string of the molecule is c1ccc(-c2ccc(C(c3cc(-c4ccc5c(c4)-c4ccccc4C5c4ccccc4)cc(C(c4ccc(-c5ccccc5)cc4)c4ccc5ccccc5c4)c3)c3ccc4ccccc4c3)cc2)cc1. The molecule has 0 aliphatic heterocycles. The van der Waals surface area contributed by atoms with E-state index in [2.05, 4.69) is 285 Å². The van der Waals surface area contributed by atoms with Gasteiger partial charge in [-0.1, -0.05) is 279 Å². The van der Waals surface area contributed by atoms with Crippen LogP contribution in [0.5, 0.6) is 0 Å². The summed E-state index contributed by atoms with van der Waals surface area (Å²) >= 11 is 0. The van der Waals surface area contributed by atoms with Crippen LogP contribution < -0.4 is 0 Å². The molecule has 0 saturated carbocycles. The van der Waals surface area contributed by atoms with Crippen molar-refractivity contribution < 1.29 is 0 Å². The summed E-state index contributed by atoms with van der Waals surface area (Å²) in [5.74, 6) is 0.0718. The highest BCUT2D eigenvalue weighted by Gasteiger charge is 2.31. The number of rotatable bonds is 10. The lowest BCUT2D eigenvalue weighted by Crippen LogP contribution is -2.08. The molecule has 0 N–H and O–H groups in total. The number of benzene rings is 12. The van der Waals surface area contributed by atoms with E-state index in [-0.39, 0.29) is 17.8 Å². The minimum atomic E-state index is -0.0570. The van der Waals surface area contributed by atoms with Gasteiger partial charge in [0.15, 0.2) is 0 Å². The van der Waals surface area contributed by atoms with Crippen LogP contribution in [0.1, 0.15) is 67.8 Å². The Morgan fingerprint density at radius 3 is 1.15 bits per heavy atom. The quantitative estimate of drug-likeness (QED) is 0.120. The number of hydrogen-bond acceptors (Lipinski definition) is 0. The predicted octanol–water partition coefficient (Wildman–Crippen LogP) is 18.5. The van der Waals surface area contributed by atoms with Gasteiger partial charge >= 0.3 is 0 Å². The average molecular weight is 903 g/mol. The molecule has 0 saturated heterocycles. The summed E-state index contributed by atoms with van der Waals surface area (Å²) in [4.78, 5) is 0. The monoisotopic (exact) mass is 902 g/mol. The predicted molar refractivity (Wildman–Crippen MR) is 298 cm³/mol. The standard InChI is InChI=1S/C71H50/c1-4-16-48(17-5-1)52-28-34-55(35-29-52)69(60-38-32-50-20-10-12-24-57(50)42-60)63-44-62(59-40-41-67-68(47-59)65-26-14-15-27-66(65)71(67)54-22-8-3-9-23-54)45-64(46-63)70(61-39-33-51-21-11-13-25-58(51)43-61)56-36-30-53(31-37-56)49-18-6-2-7-19-49/h1-47,69-71H. The summed E-state index contributed by atoms with van der Waals surface area (Å²) in [6, 6.07) is 106. The first-order chi connectivity index (χ1) is 35.2. The summed E-state index contributed by atoms with van der Waals surface area (Å²) in [6.07, 6.45) is 0. The van der Waals surface area contributed by atoms with Crippen molar-refractivity contribution in [3.05, 3.63) is 335 Å². The number of hydrogen-bond donors (Lipinski definition) is 0. The Morgan fingerprint density at radius 1 is 0.211 bits per heavy atom. The van der Waals surface area contributed by atoms with Crippen LogP contribution in [0.25, 0.3) is 66.1 Å². The van der Waals surface area contributed by atoms with Crippen molar-refractivity contribution in [1.29, 1.82) is 0 Å². The molecule has 0 aromatic heterocycles. The van der Waals surface area contributed by atoms with Gasteiger partial charge in [-0.05, 0) is 122 Å². The van der Waals surface area contributed by atoms with E-state index in [0.29, 0.717) is 0 Å². The van der Waals surface area contributed by atoms with Crippen LogP contribution in [0, 0.1) is 0 Å². The van der Waals surface area contributed by atoms with Gasteiger partial charge in [0.2, 0.25) is 0 Å². The zero-order valence-corrected chi connectivity index (χ0v) is 39.4. The molecule has 71 heavy (non-hydrogen) atoms. The summed E-state index contributed by atoms with van der Waals surface area (Å²) in [5.41, 5.74) is 21.5. The van der Waals surface area contributed by atoms with Crippen molar-refractivity contribution in [2.24, 2.45) is 0 Å². The molecule has 0 bridgehead atoms. The molecule has 0 fully saturated rings. The van der Waals surface area contributed by atoms with Crippen LogP contribution >= 0.6 is 0 Å². The van der Waals surface area contributed by atoms with Crippen molar-refractivity contribution in [2.45, 2.75) is 17.8 Å². The third-order valence-corrected chi connectivity index (χ3v) is 15.0. The maximum absolute atomic E-state index is 2.52. The van der Waals surface area contributed by atoms with Crippen LogP contribution in [0.2, 0.25) is 0 Å². The molecule has 0 spiro atoms. The van der Waals surface area contributed by atoms with Gasteiger partial charge < -0.3 is 0 Å². The first-order valence-corrected chi connectivity index (χ1v) is 24.9. The summed E-state index contributed by atoms with van der Waals surface area (Å²) in [7, 11) is 0. The van der Waals surface area contributed by atoms with E-state index in [1.165, 1.54) is 116 Å². The molecule has 13 rings (SSSR count). The molecule has 0 radical (unpaired) electrons. The van der Waals surface area contributed by atoms with E-state index in [9.17, 15) is 0 Å². The fraction of sp³-hybridized carbons (Fsp3) is 0.0423. The Bertz CT molecular complexity index is 3670. The Labute approximate surface area is 416 Å². The van der Waals surface area contributed by atoms with Crippen LogP contribution in [0.15, 0.2) is 285 Å². The van der Waals surface area contributed by atoms with Crippen molar-refractivity contribution in [3.63, 3.8) is 0 Å². The summed E-state index contributed by atoms with van der Waals surface area (Å²) in [6.45, 7) is 0. The minimum Gasteiger partial charge on any atom is -0.0622 e. The van der Waals surface area contributed by atoms with Gasteiger partial charge in [-0.3, -0.25) is 0 Å². The van der Waals surface area contributed by atoms with Gasteiger partial charge in [0.05, 0.1) is 0 Å². The topological polar surface area (TPSA) is 0 Å². The second kappa shape index (κ2) is 18.2. The largest absolute Gasteiger partial charge is 0.0622 e. The van der Waals surface area contributed by atoms with Gasteiger partial charge in [-0.25, -0.2) is 0 Å². The van der Waals surface area contributed by atoms with E-state index < -0.39 is 0 Å². The lowest BCUT2D eigenvalue weighted by molar-refractivity contribution is 0.943. The number of fused-ring (bicyclic) bond motifs is 5. The molecule has 12 aromatic rings. The maximum atomic E-state index is 2.52. The minimum absolute atomic E-state index is 0.0570. The van der Waals surface area contributed by atoms with Crippen LogP contribution in [0.3, 0.4) is 0 Å². The summed E-state index contributed by atoms with van der Waals surface area (Å²) in [5, 5.41) is 4.97. The second-order valence-electron chi connectivity index (χ2n) is 19.2. The molecule has 3 unspecified atom stereocenters. The molecule has 0 heterocycles. The van der Waals surface area contributed by atoms with E-state index in [0.717, 1.165) is 0 Å². The van der Waals surface area contributed by atoms with Gasteiger partial charge in [-0.15, -0.1) is 0 Å². The lowest BCUT2D eigenvalue weighted by Gasteiger charge is -2.26. The zero-order valence-electron chi connectivity index (χ0n) is 39.4. The molecule has 0 heteroatoms. The van der Waals surface area contributed by atoms with Crippen molar-refractivity contribution in [1.82, 2.24) is 0 Å². The highest BCUT2D eigenvalue weighted by molar-refractivity contribution is 5.87. The van der Waals surface area contributed by atoms with Crippen LogP contribution in [-0.4, -0.2) is 0 Å². The highest BCUT2D eigenvalue weighted by atomic mass is 14.3. The Kier molecular flexibility index (Phi) is 10.9.